The normalized spacial score (nSPS) is 34.3. The molecule has 0 aromatic heterocycles. The van der Waals surface area contributed by atoms with Gasteiger partial charge in [-0.2, -0.15) is 17.0 Å². The van der Waals surface area contributed by atoms with Crippen LogP contribution in [0.2, 0.25) is 0 Å². The number of nitriles is 1. The number of nitrogens with zero attached hydrogens (tertiary/aromatic N) is 1. The summed E-state index contributed by atoms with van der Waals surface area (Å²) in [5.74, 6) is -0.533. The summed E-state index contributed by atoms with van der Waals surface area (Å²) < 4.78 is 13.6. The van der Waals surface area contributed by atoms with Gasteiger partial charge in [0.25, 0.3) is 0 Å². The second-order valence-electron chi connectivity index (χ2n) is 5.17. The molecule has 2 bridgehead atoms. The highest BCUT2D eigenvalue weighted by atomic mass is 32.2. The average Bonchev–Trinajstić information content (AvgIpc) is 2.69. The fourth-order valence-corrected chi connectivity index (χ4v) is 5.00. The van der Waals surface area contributed by atoms with Crippen molar-refractivity contribution in [2.45, 2.75) is 41.8 Å². The Morgan fingerprint density at radius 1 is 1.33 bits per heavy atom. The van der Waals surface area contributed by atoms with Gasteiger partial charge in [0, 0.05) is 16.1 Å². The summed E-state index contributed by atoms with van der Waals surface area (Å²) >= 11 is 1.93. The Kier molecular flexibility index (Phi) is 2.84. The summed E-state index contributed by atoms with van der Waals surface area (Å²) in [6.45, 7) is 0. The largest absolute Gasteiger partial charge is 0.385 e. The quantitative estimate of drug-likeness (QED) is 0.847. The molecule has 0 spiro atoms. The van der Waals surface area contributed by atoms with Crippen LogP contribution in [0.15, 0.2) is 18.2 Å². The summed E-state index contributed by atoms with van der Waals surface area (Å²) in [6, 6.07) is 6.44. The van der Waals surface area contributed by atoms with E-state index in [1.54, 1.807) is 12.1 Å². The second-order valence-corrected chi connectivity index (χ2v) is 6.78. The fraction of sp³-hybridized carbons (Fsp3) is 0.500. The highest BCUT2D eigenvalue weighted by Gasteiger charge is 2.45. The van der Waals surface area contributed by atoms with E-state index in [1.807, 2.05) is 17.8 Å². The van der Waals surface area contributed by atoms with Crippen LogP contribution >= 0.6 is 11.8 Å². The minimum absolute atomic E-state index is 0.00583. The van der Waals surface area contributed by atoms with Gasteiger partial charge in [-0.15, -0.1) is 0 Å². The van der Waals surface area contributed by atoms with Crippen LogP contribution < -0.4 is 0 Å². The second kappa shape index (κ2) is 4.25. The highest BCUT2D eigenvalue weighted by molar-refractivity contribution is 8.00. The van der Waals surface area contributed by atoms with Gasteiger partial charge < -0.3 is 5.11 Å². The minimum atomic E-state index is -1.02. The molecule has 1 N–H and O–H groups in total. The lowest BCUT2D eigenvalue weighted by Crippen LogP contribution is -2.35. The summed E-state index contributed by atoms with van der Waals surface area (Å²) in [7, 11) is 0. The van der Waals surface area contributed by atoms with E-state index in [0.29, 0.717) is 28.9 Å². The summed E-state index contributed by atoms with van der Waals surface area (Å²) in [5, 5.41) is 20.8. The Hall–Kier alpha value is -1.05. The van der Waals surface area contributed by atoms with E-state index in [2.05, 4.69) is 0 Å². The van der Waals surface area contributed by atoms with Crippen LogP contribution in [0.5, 0.6) is 0 Å². The first-order valence-electron chi connectivity index (χ1n) is 6.19. The zero-order chi connectivity index (χ0) is 12.8. The van der Waals surface area contributed by atoms with Gasteiger partial charge >= 0.3 is 0 Å². The molecule has 0 aliphatic carbocycles. The standard InChI is InChI=1S/C14H14FNOS/c15-13-3-1-2-12(11(13)8-16)14(17)6-9-4-5-10(7-14)18-9/h1-3,9-10,17H,4-7H2. The first kappa shape index (κ1) is 12.0. The first-order valence-corrected chi connectivity index (χ1v) is 7.13. The number of thioether (sulfide) groups is 1. The molecule has 4 heteroatoms. The van der Waals surface area contributed by atoms with E-state index in [9.17, 15) is 9.50 Å². The smallest absolute Gasteiger partial charge is 0.141 e. The predicted molar refractivity (Wildman–Crippen MR) is 68.6 cm³/mol. The van der Waals surface area contributed by atoms with Crippen molar-refractivity contribution in [3.63, 3.8) is 0 Å². The van der Waals surface area contributed by atoms with Crippen molar-refractivity contribution in [3.05, 3.63) is 35.1 Å². The number of rotatable bonds is 1. The van der Waals surface area contributed by atoms with Gasteiger partial charge in [-0.25, -0.2) is 4.39 Å². The van der Waals surface area contributed by atoms with Gasteiger partial charge in [0.1, 0.15) is 11.9 Å². The Morgan fingerprint density at radius 2 is 2.00 bits per heavy atom. The minimum Gasteiger partial charge on any atom is -0.385 e. The predicted octanol–water partition coefficient (Wildman–Crippen LogP) is 2.94. The number of halogens is 1. The molecule has 2 aliphatic heterocycles. The van der Waals surface area contributed by atoms with Gasteiger partial charge in [-0.1, -0.05) is 12.1 Å². The molecule has 94 valence electrons. The van der Waals surface area contributed by atoms with Gasteiger partial charge in [0.05, 0.1) is 11.2 Å². The third-order valence-electron chi connectivity index (χ3n) is 3.95. The Labute approximate surface area is 110 Å². The molecule has 3 rings (SSSR count). The van der Waals surface area contributed by atoms with E-state index in [1.165, 1.54) is 6.07 Å². The lowest BCUT2D eigenvalue weighted by atomic mass is 9.83. The van der Waals surface area contributed by atoms with E-state index < -0.39 is 11.4 Å². The lowest BCUT2D eigenvalue weighted by Gasteiger charge is -2.36. The topological polar surface area (TPSA) is 44.0 Å². The van der Waals surface area contributed by atoms with Gasteiger partial charge in [0.15, 0.2) is 0 Å². The first-order chi connectivity index (χ1) is 8.62. The molecule has 2 fully saturated rings. The number of hydrogen-bond donors (Lipinski definition) is 1. The molecular weight excluding hydrogens is 249 g/mol. The zero-order valence-corrected chi connectivity index (χ0v) is 10.7. The maximum Gasteiger partial charge on any atom is 0.141 e. The molecule has 1 aromatic rings. The average molecular weight is 263 g/mol. The van der Waals surface area contributed by atoms with Crippen LogP contribution in [-0.2, 0) is 5.60 Å². The van der Waals surface area contributed by atoms with Crippen LogP contribution in [0.1, 0.15) is 36.8 Å². The van der Waals surface area contributed by atoms with Crippen molar-refractivity contribution in [1.29, 1.82) is 5.26 Å². The Morgan fingerprint density at radius 3 is 2.61 bits per heavy atom. The van der Waals surface area contributed by atoms with Crippen molar-refractivity contribution in [1.82, 2.24) is 0 Å². The van der Waals surface area contributed by atoms with E-state index in [0.717, 1.165) is 12.8 Å². The fourth-order valence-electron chi connectivity index (χ4n) is 3.16. The van der Waals surface area contributed by atoms with Crippen LogP contribution in [0.3, 0.4) is 0 Å². The maximum absolute atomic E-state index is 13.6. The van der Waals surface area contributed by atoms with Gasteiger partial charge in [-0.3, -0.25) is 0 Å². The van der Waals surface area contributed by atoms with Gasteiger partial charge in [0.2, 0.25) is 0 Å². The van der Waals surface area contributed by atoms with Gasteiger partial charge in [-0.05, 0) is 31.7 Å². The molecule has 2 atom stereocenters. The highest BCUT2D eigenvalue weighted by Crippen LogP contribution is 2.51. The molecule has 2 unspecified atom stereocenters. The number of fused-ring (bicyclic) bond motifs is 2. The Bertz CT molecular complexity index is 513. The molecule has 0 radical (unpaired) electrons. The van der Waals surface area contributed by atoms with Crippen molar-refractivity contribution in [3.8, 4) is 6.07 Å². The van der Waals surface area contributed by atoms with Crippen LogP contribution in [0, 0.1) is 17.1 Å². The molecule has 2 saturated heterocycles. The van der Waals surface area contributed by atoms with E-state index in [4.69, 9.17) is 5.26 Å². The summed E-state index contributed by atoms with van der Waals surface area (Å²) in [5.41, 5.74) is -0.543. The molecule has 2 aliphatic rings. The van der Waals surface area contributed by atoms with E-state index >= 15 is 0 Å². The molecule has 0 saturated carbocycles. The monoisotopic (exact) mass is 263 g/mol. The van der Waals surface area contributed by atoms with Crippen LogP contribution in [0.25, 0.3) is 0 Å². The molecule has 2 nitrogen and oxygen atoms in total. The number of benzene rings is 1. The summed E-state index contributed by atoms with van der Waals surface area (Å²) in [4.78, 5) is 0. The SMILES string of the molecule is N#Cc1c(F)cccc1C1(O)CC2CCC(C1)S2. The molecule has 18 heavy (non-hydrogen) atoms. The number of aliphatic hydroxyl groups is 1. The zero-order valence-electron chi connectivity index (χ0n) is 9.90. The van der Waals surface area contributed by atoms with Crippen LogP contribution in [0.4, 0.5) is 4.39 Å². The summed E-state index contributed by atoms with van der Waals surface area (Å²) in [6.07, 6.45) is 3.50. The van der Waals surface area contributed by atoms with Crippen LogP contribution in [-0.4, -0.2) is 15.6 Å². The van der Waals surface area contributed by atoms with Crippen molar-refractivity contribution in [2.24, 2.45) is 0 Å². The third kappa shape index (κ3) is 1.82. The van der Waals surface area contributed by atoms with Crippen molar-refractivity contribution >= 4 is 11.8 Å². The Balaban J connectivity index is 2.04. The molecular formula is C14H14FNOS. The van der Waals surface area contributed by atoms with E-state index in [-0.39, 0.29) is 5.56 Å². The molecule has 1 aromatic carbocycles. The molecule has 0 amide bonds. The maximum atomic E-state index is 13.6. The number of hydrogen-bond acceptors (Lipinski definition) is 3. The van der Waals surface area contributed by atoms with Crippen molar-refractivity contribution < 1.29 is 9.50 Å². The van der Waals surface area contributed by atoms with Crippen molar-refractivity contribution in [2.75, 3.05) is 0 Å². The lowest BCUT2D eigenvalue weighted by molar-refractivity contribution is 0.0191. The molecule has 2 heterocycles. The third-order valence-corrected chi connectivity index (χ3v) is 5.53.